The lowest BCUT2D eigenvalue weighted by Gasteiger charge is -2.55. The second-order valence-electron chi connectivity index (χ2n) is 9.76. The van der Waals surface area contributed by atoms with Gasteiger partial charge in [0.25, 0.3) is 0 Å². The number of carbonyl (C=O) groups excluding carboxylic acids is 3. The van der Waals surface area contributed by atoms with E-state index in [1.165, 1.54) is 19.3 Å². The monoisotopic (exact) mass is 459 g/mol. The summed E-state index contributed by atoms with van der Waals surface area (Å²) >= 11 is 1.62. The smallest absolute Gasteiger partial charge is 0.329 e. The Labute approximate surface area is 194 Å². The molecule has 0 aliphatic heterocycles. The first-order valence-corrected chi connectivity index (χ1v) is 13.0. The SMILES string of the molecule is COc1ccc(C(=O)COC(=O)[C@@H](CCSC)NC(=O)C23CC4CC(CC(C4)C2)C3)cc1. The molecule has 1 aromatic carbocycles. The van der Waals surface area contributed by atoms with Crippen molar-refractivity contribution in [3.05, 3.63) is 29.8 Å². The number of ketones is 1. The number of ether oxygens (including phenoxy) is 2. The molecule has 6 nitrogen and oxygen atoms in total. The minimum Gasteiger partial charge on any atom is -0.497 e. The van der Waals surface area contributed by atoms with Crippen LogP contribution in [0.2, 0.25) is 0 Å². The van der Waals surface area contributed by atoms with Crippen molar-refractivity contribution in [1.82, 2.24) is 5.32 Å². The highest BCUT2D eigenvalue weighted by Crippen LogP contribution is 2.60. The van der Waals surface area contributed by atoms with Crippen LogP contribution in [0.1, 0.15) is 55.3 Å². The van der Waals surface area contributed by atoms with Gasteiger partial charge in [-0.2, -0.15) is 11.8 Å². The highest BCUT2D eigenvalue weighted by molar-refractivity contribution is 7.98. The van der Waals surface area contributed by atoms with Crippen LogP contribution in [-0.2, 0) is 14.3 Å². The number of thioether (sulfide) groups is 1. The molecule has 4 aliphatic rings. The largest absolute Gasteiger partial charge is 0.497 e. The molecular weight excluding hydrogens is 426 g/mol. The number of benzene rings is 1. The van der Waals surface area contributed by atoms with Crippen LogP contribution in [0.3, 0.4) is 0 Å². The Kier molecular flexibility index (Phi) is 7.13. The molecule has 174 valence electrons. The lowest BCUT2D eigenvalue weighted by molar-refractivity contribution is -0.153. The molecule has 7 heteroatoms. The van der Waals surface area contributed by atoms with E-state index in [0.29, 0.717) is 35.5 Å². The molecule has 0 aromatic heterocycles. The van der Waals surface area contributed by atoms with Gasteiger partial charge in [0.1, 0.15) is 11.8 Å². The molecular formula is C25H33NO5S. The number of nitrogens with one attached hydrogen (secondary N) is 1. The second-order valence-corrected chi connectivity index (χ2v) is 10.8. The Hall–Kier alpha value is -2.02. The van der Waals surface area contributed by atoms with Gasteiger partial charge in [-0.1, -0.05) is 0 Å². The molecule has 4 bridgehead atoms. The minimum atomic E-state index is -0.716. The third-order valence-corrected chi connectivity index (χ3v) is 8.12. The number of Topliss-reactive ketones (excluding diaryl/α,β-unsaturated/α-hetero) is 1. The molecule has 1 amide bonds. The molecule has 0 heterocycles. The minimum absolute atomic E-state index is 0.0149. The first-order chi connectivity index (χ1) is 15.4. The fourth-order valence-corrected chi connectivity index (χ4v) is 6.75. The average Bonchev–Trinajstić information content (AvgIpc) is 2.79. The van der Waals surface area contributed by atoms with Gasteiger partial charge < -0.3 is 14.8 Å². The average molecular weight is 460 g/mol. The van der Waals surface area contributed by atoms with E-state index in [-0.39, 0.29) is 23.7 Å². The van der Waals surface area contributed by atoms with Crippen molar-refractivity contribution >= 4 is 29.4 Å². The second kappa shape index (κ2) is 9.86. The van der Waals surface area contributed by atoms with Crippen LogP contribution in [0.25, 0.3) is 0 Å². The first kappa shape index (κ1) is 23.1. The third-order valence-electron chi connectivity index (χ3n) is 7.48. The van der Waals surface area contributed by atoms with Crippen molar-refractivity contribution in [1.29, 1.82) is 0 Å². The zero-order chi connectivity index (χ0) is 22.7. The van der Waals surface area contributed by atoms with Gasteiger partial charge >= 0.3 is 5.97 Å². The number of hydrogen-bond donors (Lipinski definition) is 1. The van der Waals surface area contributed by atoms with Crippen LogP contribution in [0.5, 0.6) is 5.75 Å². The van der Waals surface area contributed by atoms with Crippen molar-refractivity contribution in [3.8, 4) is 5.75 Å². The van der Waals surface area contributed by atoms with Crippen molar-refractivity contribution in [2.45, 2.75) is 51.0 Å². The van der Waals surface area contributed by atoms with Gasteiger partial charge in [-0.15, -0.1) is 0 Å². The summed E-state index contributed by atoms with van der Waals surface area (Å²) in [5.74, 6) is 2.57. The summed E-state index contributed by atoms with van der Waals surface area (Å²) in [6, 6.07) is 5.97. The molecule has 0 unspecified atom stereocenters. The fourth-order valence-electron chi connectivity index (χ4n) is 6.28. The van der Waals surface area contributed by atoms with Crippen LogP contribution in [0, 0.1) is 23.2 Å². The van der Waals surface area contributed by atoms with Gasteiger partial charge in [0.2, 0.25) is 5.91 Å². The summed E-state index contributed by atoms with van der Waals surface area (Å²) in [4.78, 5) is 38.6. The molecule has 0 radical (unpaired) electrons. The molecule has 4 fully saturated rings. The van der Waals surface area contributed by atoms with Gasteiger partial charge in [-0.25, -0.2) is 4.79 Å². The lowest BCUT2D eigenvalue weighted by Crippen LogP contribution is -2.56. The summed E-state index contributed by atoms with van der Waals surface area (Å²) < 4.78 is 10.5. The van der Waals surface area contributed by atoms with Crippen LogP contribution in [0.4, 0.5) is 0 Å². The summed E-state index contributed by atoms with van der Waals surface area (Å²) in [7, 11) is 1.56. The van der Waals surface area contributed by atoms with Gasteiger partial charge in [-0.05, 0) is 99.0 Å². The Balaban J connectivity index is 1.36. The van der Waals surface area contributed by atoms with Gasteiger partial charge in [0.05, 0.1) is 7.11 Å². The highest BCUT2D eigenvalue weighted by atomic mass is 32.2. The van der Waals surface area contributed by atoms with Crippen LogP contribution < -0.4 is 10.1 Å². The van der Waals surface area contributed by atoms with E-state index >= 15 is 0 Å². The molecule has 1 atom stereocenters. The first-order valence-electron chi connectivity index (χ1n) is 11.6. The summed E-state index contributed by atoms with van der Waals surface area (Å²) in [6.45, 7) is -0.339. The van der Waals surface area contributed by atoms with Gasteiger partial charge in [0, 0.05) is 11.0 Å². The van der Waals surface area contributed by atoms with Crippen LogP contribution in [-0.4, -0.2) is 49.4 Å². The topological polar surface area (TPSA) is 81.7 Å². The molecule has 1 aromatic rings. The van der Waals surface area contributed by atoms with E-state index in [1.807, 2.05) is 6.26 Å². The maximum Gasteiger partial charge on any atom is 0.329 e. The maximum atomic E-state index is 13.4. The molecule has 4 aliphatic carbocycles. The van der Waals surface area contributed by atoms with Crippen molar-refractivity contribution in [2.75, 3.05) is 25.7 Å². The number of methoxy groups -OCH3 is 1. The Bertz CT molecular complexity index is 817. The predicted molar refractivity (Wildman–Crippen MR) is 124 cm³/mol. The molecule has 1 N–H and O–H groups in total. The molecule has 0 spiro atoms. The maximum absolute atomic E-state index is 13.4. The quantitative estimate of drug-likeness (QED) is 0.422. The Morgan fingerprint density at radius 3 is 2.19 bits per heavy atom. The van der Waals surface area contributed by atoms with Crippen molar-refractivity contribution < 1.29 is 23.9 Å². The number of carbonyl (C=O) groups is 3. The Morgan fingerprint density at radius 2 is 1.66 bits per heavy atom. The Morgan fingerprint density at radius 1 is 1.06 bits per heavy atom. The summed E-state index contributed by atoms with van der Waals surface area (Å²) in [5, 5.41) is 3.03. The number of rotatable bonds is 10. The fraction of sp³-hybridized carbons (Fsp3) is 0.640. The number of esters is 1. The normalized spacial score (nSPS) is 28.8. The van der Waals surface area contributed by atoms with E-state index in [1.54, 1.807) is 43.1 Å². The predicted octanol–water partition coefficient (Wildman–Crippen LogP) is 3.88. The van der Waals surface area contributed by atoms with E-state index in [4.69, 9.17) is 9.47 Å². The zero-order valence-corrected chi connectivity index (χ0v) is 19.7. The van der Waals surface area contributed by atoms with Crippen molar-refractivity contribution in [3.63, 3.8) is 0 Å². The van der Waals surface area contributed by atoms with E-state index in [0.717, 1.165) is 25.0 Å². The van der Waals surface area contributed by atoms with Crippen molar-refractivity contribution in [2.24, 2.45) is 23.2 Å². The highest BCUT2D eigenvalue weighted by Gasteiger charge is 2.55. The summed E-state index contributed by atoms with van der Waals surface area (Å²) in [6.07, 6.45) is 9.10. The lowest BCUT2D eigenvalue weighted by atomic mass is 9.49. The van der Waals surface area contributed by atoms with E-state index < -0.39 is 12.0 Å². The number of hydrogen-bond acceptors (Lipinski definition) is 6. The van der Waals surface area contributed by atoms with E-state index in [2.05, 4.69) is 5.32 Å². The third kappa shape index (κ3) is 4.98. The number of amides is 1. The van der Waals surface area contributed by atoms with Crippen LogP contribution >= 0.6 is 11.8 Å². The molecule has 0 saturated heterocycles. The summed E-state index contributed by atoms with van der Waals surface area (Å²) in [5.41, 5.74) is 0.141. The molecule has 4 saturated carbocycles. The van der Waals surface area contributed by atoms with Crippen LogP contribution in [0.15, 0.2) is 24.3 Å². The molecule has 5 rings (SSSR count). The molecule has 32 heavy (non-hydrogen) atoms. The van der Waals surface area contributed by atoms with Gasteiger partial charge in [-0.3, -0.25) is 9.59 Å². The standard InChI is InChI=1S/C25H33NO5S/c1-30-20-5-3-19(4-6-20)22(27)15-31-23(28)21(7-8-32-2)26-24(29)25-12-16-9-17(13-25)11-18(10-16)14-25/h3-6,16-18,21H,7-15H2,1-2H3,(H,26,29)/t16?,17?,18?,21-,25?/m1/s1. The van der Waals surface area contributed by atoms with E-state index in [9.17, 15) is 14.4 Å². The zero-order valence-electron chi connectivity index (χ0n) is 18.9. The van der Waals surface area contributed by atoms with Gasteiger partial charge in [0.15, 0.2) is 12.4 Å².